The van der Waals surface area contributed by atoms with Crippen molar-refractivity contribution in [3.63, 3.8) is 0 Å². The molecule has 0 aliphatic heterocycles. The van der Waals surface area contributed by atoms with Crippen molar-refractivity contribution in [3.8, 4) is 0 Å². The highest BCUT2D eigenvalue weighted by Crippen LogP contribution is 2.15. The molecule has 1 amide bonds. The molecule has 1 atom stereocenters. The lowest BCUT2D eigenvalue weighted by atomic mass is 10.1. The van der Waals surface area contributed by atoms with E-state index in [-0.39, 0.29) is 11.9 Å². The van der Waals surface area contributed by atoms with Crippen LogP contribution in [0.1, 0.15) is 36.2 Å². The summed E-state index contributed by atoms with van der Waals surface area (Å²) in [5, 5.41) is 6.03. The monoisotopic (exact) mass is 220 g/mol. The van der Waals surface area contributed by atoms with Gasteiger partial charge in [-0.1, -0.05) is 6.92 Å². The largest absolute Gasteiger partial charge is 0.388 e. The fraction of sp³-hybridized carbons (Fsp3) is 0.462. The Morgan fingerprint density at radius 3 is 2.62 bits per heavy atom. The number of amides is 1. The number of hydrogen-bond acceptors (Lipinski definition) is 2. The molecule has 0 heterocycles. The molecule has 1 aromatic rings. The van der Waals surface area contributed by atoms with E-state index in [2.05, 4.69) is 17.6 Å². The van der Waals surface area contributed by atoms with Gasteiger partial charge in [0.1, 0.15) is 0 Å². The van der Waals surface area contributed by atoms with E-state index in [0.29, 0.717) is 0 Å². The summed E-state index contributed by atoms with van der Waals surface area (Å²) in [6, 6.07) is 5.90. The van der Waals surface area contributed by atoms with E-state index in [9.17, 15) is 4.79 Å². The van der Waals surface area contributed by atoms with Crippen molar-refractivity contribution < 1.29 is 4.79 Å². The third-order valence-corrected chi connectivity index (χ3v) is 2.75. The second-order valence-corrected chi connectivity index (χ2v) is 4.06. The van der Waals surface area contributed by atoms with Crippen LogP contribution in [0.5, 0.6) is 0 Å². The smallest absolute Gasteiger partial charge is 0.251 e. The fourth-order valence-corrected chi connectivity index (χ4v) is 1.49. The van der Waals surface area contributed by atoms with Crippen LogP contribution in [0.3, 0.4) is 0 Å². The van der Waals surface area contributed by atoms with Gasteiger partial charge in [-0.05, 0) is 44.0 Å². The van der Waals surface area contributed by atoms with Gasteiger partial charge in [-0.2, -0.15) is 0 Å². The van der Waals surface area contributed by atoms with E-state index in [1.54, 1.807) is 0 Å². The van der Waals surface area contributed by atoms with E-state index in [1.807, 2.05) is 39.1 Å². The summed E-state index contributed by atoms with van der Waals surface area (Å²) in [5.74, 6) is 0.0000954. The third kappa shape index (κ3) is 2.99. The van der Waals surface area contributed by atoms with Crippen molar-refractivity contribution in [1.29, 1.82) is 0 Å². The molecule has 1 rings (SSSR count). The van der Waals surface area contributed by atoms with Crippen molar-refractivity contribution in [1.82, 2.24) is 5.32 Å². The van der Waals surface area contributed by atoms with Crippen molar-refractivity contribution in [2.24, 2.45) is 0 Å². The van der Waals surface area contributed by atoms with Crippen molar-refractivity contribution in [2.75, 3.05) is 12.4 Å². The van der Waals surface area contributed by atoms with Gasteiger partial charge in [0.25, 0.3) is 5.91 Å². The predicted octanol–water partition coefficient (Wildman–Crippen LogP) is 2.57. The molecule has 3 nitrogen and oxygen atoms in total. The third-order valence-electron chi connectivity index (χ3n) is 2.75. The van der Waals surface area contributed by atoms with Gasteiger partial charge in [-0.25, -0.2) is 0 Å². The van der Waals surface area contributed by atoms with E-state index < -0.39 is 0 Å². The van der Waals surface area contributed by atoms with Crippen LogP contribution in [0.4, 0.5) is 5.69 Å². The number of carbonyl (C=O) groups excluding carboxylic acids is 1. The predicted molar refractivity (Wildman–Crippen MR) is 67.9 cm³/mol. The van der Waals surface area contributed by atoms with Gasteiger partial charge in [0.2, 0.25) is 0 Å². The Hall–Kier alpha value is -1.51. The Labute approximate surface area is 97.2 Å². The van der Waals surface area contributed by atoms with E-state index in [0.717, 1.165) is 23.2 Å². The summed E-state index contributed by atoms with van der Waals surface area (Å²) < 4.78 is 0. The molecule has 1 unspecified atom stereocenters. The highest BCUT2D eigenvalue weighted by molar-refractivity contribution is 5.95. The number of hydrogen-bond donors (Lipinski definition) is 2. The molecule has 0 aliphatic rings. The van der Waals surface area contributed by atoms with Crippen molar-refractivity contribution in [3.05, 3.63) is 29.3 Å². The first-order valence-corrected chi connectivity index (χ1v) is 5.67. The average molecular weight is 220 g/mol. The lowest BCUT2D eigenvalue weighted by Gasteiger charge is -2.12. The molecule has 2 N–H and O–H groups in total. The molecule has 3 heteroatoms. The quantitative estimate of drug-likeness (QED) is 0.818. The summed E-state index contributed by atoms with van der Waals surface area (Å²) in [7, 11) is 1.88. The molecule has 0 bridgehead atoms. The second-order valence-electron chi connectivity index (χ2n) is 4.06. The Morgan fingerprint density at radius 1 is 1.44 bits per heavy atom. The van der Waals surface area contributed by atoms with Crippen LogP contribution in [0.2, 0.25) is 0 Å². The Morgan fingerprint density at radius 2 is 2.12 bits per heavy atom. The van der Waals surface area contributed by atoms with Crippen LogP contribution in [-0.2, 0) is 0 Å². The molecular formula is C13H20N2O. The zero-order valence-electron chi connectivity index (χ0n) is 10.4. The summed E-state index contributed by atoms with van der Waals surface area (Å²) in [4.78, 5) is 11.8. The minimum absolute atomic E-state index is 0.0000954. The molecule has 0 saturated heterocycles. The topological polar surface area (TPSA) is 41.1 Å². The summed E-state index contributed by atoms with van der Waals surface area (Å²) in [6.07, 6.45) is 0.944. The molecule has 0 aromatic heterocycles. The van der Waals surface area contributed by atoms with Crippen LogP contribution in [0.15, 0.2) is 18.2 Å². The lowest BCUT2D eigenvalue weighted by molar-refractivity contribution is 0.0939. The molecular weight excluding hydrogens is 200 g/mol. The standard InChI is InChI=1S/C13H20N2O/c1-5-10(3)15-13(16)11-6-7-12(14-4)9(2)8-11/h6-8,10,14H,5H2,1-4H3,(H,15,16). The van der Waals surface area contributed by atoms with Gasteiger partial charge < -0.3 is 10.6 Å². The normalized spacial score (nSPS) is 12.0. The van der Waals surface area contributed by atoms with Gasteiger partial charge in [0.15, 0.2) is 0 Å². The van der Waals surface area contributed by atoms with Crippen LogP contribution in [-0.4, -0.2) is 19.0 Å². The number of anilines is 1. The molecule has 0 saturated carbocycles. The van der Waals surface area contributed by atoms with Crippen molar-refractivity contribution in [2.45, 2.75) is 33.2 Å². The maximum Gasteiger partial charge on any atom is 0.251 e. The van der Waals surface area contributed by atoms with E-state index >= 15 is 0 Å². The van der Waals surface area contributed by atoms with Crippen molar-refractivity contribution >= 4 is 11.6 Å². The van der Waals surface area contributed by atoms with Gasteiger partial charge in [0.05, 0.1) is 0 Å². The fourth-order valence-electron chi connectivity index (χ4n) is 1.49. The minimum Gasteiger partial charge on any atom is -0.388 e. The second kappa shape index (κ2) is 5.54. The number of benzene rings is 1. The van der Waals surface area contributed by atoms with Crippen LogP contribution >= 0.6 is 0 Å². The summed E-state index contributed by atoms with van der Waals surface area (Å²) in [6.45, 7) is 6.05. The van der Waals surface area contributed by atoms with Crippen LogP contribution in [0.25, 0.3) is 0 Å². The number of aryl methyl sites for hydroxylation is 1. The molecule has 88 valence electrons. The van der Waals surface area contributed by atoms with Crippen LogP contribution < -0.4 is 10.6 Å². The SMILES string of the molecule is CCC(C)NC(=O)c1ccc(NC)c(C)c1. The number of nitrogens with one attached hydrogen (secondary N) is 2. The Kier molecular flexibility index (Phi) is 4.35. The lowest BCUT2D eigenvalue weighted by Crippen LogP contribution is -2.31. The molecule has 0 spiro atoms. The zero-order chi connectivity index (χ0) is 12.1. The maximum absolute atomic E-state index is 11.8. The highest BCUT2D eigenvalue weighted by atomic mass is 16.1. The maximum atomic E-state index is 11.8. The van der Waals surface area contributed by atoms with Gasteiger partial charge in [-0.3, -0.25) is 4.79 Å². The number of rotatable bonds is 4. The number of carbonyl (C=O) groups is 1. The zero-order valence-corrected chi connectivity index (χ0v) is 10.4. The van der Waals surface area contributed by atoms with E-state index in [1.165, 1.54) is 0 Å². The van der Waals surface area contributed by atoms with Gasteiger partial charge in [-0.15, -0.1) is 0 Å². The first-order chi connectivity index (χ1) is 7.58. The highest BCUT2D eigenvalue weighted by Gasteiger charge is 2.09. The molecule has 1 aromatic carbocycles. The molecule has 0 radical (unpaired) electrons. The Bertz CT molecular complexity index is 374. The van der Waals surface area contributed by atoms with E-state index in [4.69, 9.17) is 0 Å². The van der Waals surface area contributed by atoms with Gasteiger partial charge in [0, 0.05) is 24.3 Å². The van der Waals surface area contributed by atoms with Gasteiger partial charge >= 0.3 is 0 Å². The molecule has 0 fully saturated rings. The Balaban J connectivity index is 2.81. The summed E-state index contributed by atoms with van der Waals surface area (Å²) >= 11 is 0. The molecule has 0 aliphatic carbocycles. The first kappa shape index (κ1) is 12.6. The first-order valence-electron chi connectivity index (χ1n) is 5.67. The minimum atomic E-state index is 0.0000954. The summed E-state index contributed by atoms with van der Waals surface area (Å²) in [5.41, 5.74) is 2.86. The van der Waals surface area contributed by atoms with Crippen LogP contribution in [0, 0.1) is 6.92 Å². The molecule has 16 heavy (non-hydrogen) atoms. The average Bonchev–Trinajstić information content (AvgIpc) is 2.28.